The number of benzene rings is 1. The van der Waals surface area contributed by atoms with E-state index in [1.54, 1.807) is 24.3 Å². The summed E-state index contributed by atoms with van der Waals surface area (Å²) < 4.78 is 31.1. The molecule has 0 aliphatic carbocycles. The Morgan fingerprint density at radius 1 is 1.05 bits per heavy atom. The van der Waals surface area contributed by atoms with Gasteiger partial charge in [0.15, 0.2) is 10.8 Å². The Balaban J connectivity index is 2.25. The summed E-state index contributed by atoms with van der Waals surface area (Å²) in [5, 5.41) is 3.96. The van der Waals surface area contributed by atoms with Crippen LogP contribution in [0, 0.1) is 0 Å². The van der Waals surface area contributed by atoms with Crippen LogP contribution in [0.1, 0.15) is 12.7 Å². The molecule has 0 bridgehead atoms. The Labute approximate surface area is 128 Å². The second-order valence-corrected chi connectivity index (χ2v) is 6.51. The van der Waals surface area contributed by atoms with E-state index in [9.17, 15) is 8.42 Å². The first kappa shape index (κ1) is 14.5. The first-order valence-corrected chi connectivity index (χ1v) is 8.33. The molecule has 2 aromatic heterocycles. The molecule has 0 fully saturated rings. The molecule has 0 amide bonds. The van der Waals surface area contributed by atoms with Gasteiger partial charge < -0.3 is 4.52 Å². The molecule has 112 valence electrons. The molecule has 0 saturated carbocycles. The van der Waals surface area contributed by atoms with Gasteiger partial charge in [0.1, 0.15) is 10.6 Å². The highest BCUT2D eigenvalue weighted by Crippen LogP contribution is 2.33. The Morgan fingerprint density at radius 2 is 1.77 bits per heavy atom. The Bertz CT molecular complexity index is 872. The van der Waals surface area contributed by atoms with Crippen molar-refractivity contribution in [3.8, 4) is 11.3 Å². The van der Waals surface area contributed by atoms with Crippen LogP contribution in [0.5, 0.6) is 0 Å². The normalized spacial score (nSPS) is 11.5. The second-order valence-electron chi connectivity index (χ2n) is 4.67. The third-order valence-electron chi connectivity index (χ3n) is 3.27. The van der Waals surface area contributed by atoms with E-state index in [-0.39, 0.29) is 9.92 Å². The highest BCUT2D eigenvalue weighted by molar-refractivity contribution is 7.91. The molecule has 0 unspecified atom stereocenters. The average Bonchev–Trinajstić information content (AvgIpc) is 3.01. The van der Waals surface area contributed by atoms with E-state index in [0.717, 1.165) is 0 Å². The van der Waals surface area contributed by atoms with E-state index in [4.69, 9.17) is 4.52 Å². The maximum absolute atomic E-state index is 12.9. The summed E-state index contributed by atoms with van der Waals surface area (Å²) in [5.74, 6) is 0.338. The minimum Gasteiger partial charge on any atom is -0.359 e. The first-order chi connectivity index (χ1) is 10.6. The number of aryl methyl sites for hydroxylation is 1. The van der Waals surface area contributed by atoms with E-state index in [1.807, 2.05) is 25.1 Å². The standard InChI is InChI=1S/C16H14N2O3S/c1-2-13-16(22(19,20)14-10-6-7-11-17-14)15(18-21-13)12-8-4-3-5-9-12/h3-11H,2H2,1H3. The van der Waals surface area contributed by atoms with Crippen molar-refractivity contribution in [3.63, 3.8) is 0 Å². The van der Waals surface area contributed by atoms with Gasteiger partial charge in [0.25, 0.3) is 0 Å². The van der Waals surface area contributed by atoms with Crippen molar-refractivity contribution in [2.24, 2.45) is 0 Å². The summed E-state index contributed by atoms with van der Waals surface area (Å²) in [4.78, 5) is 4.06. The minimum atomic E-state index is -3.78. The predicted octanol–water partition coefficient (Wildman–Crippen LogP) is 3.13. The zero-order valence-corrected chi connectivity index (χ0v) is 12.7. The van der Waals surface area contributed by atoms with Crippen molar-refractivity contribution in [2.45, 2.75) is 23.3 Å². The van der Waals surface area contributed by atoms with E-state index in [1.165, 1.54) is 12.3 Å². The molecule has 22 heavy (non-hydrogen) atoms. The van der Waals surface area contributed by atoms with Crippen LogP contribution in [0.4, 0.5) is 0 Å². The van der Waals surface area contributed by atoms with Crippen molar-refractivity contribution in [2.75, 3.05) is 0 Å². The van der Waals surface area contributed by atoms with Gasteiger partial charge in [-0.2, -0.15) is 0 Å². The predicted molar refractivity (Wildman–Crippen MR) is 81.0 cm³/mol. The quantitative estimate of drug-likeness (QED) is 0.739. The van der Waals surface area contributed by atoms with Crippen LogP contribution >= 0.6 is 0 Å². The SMILES string of the molecule is CCc1onc(-c2ccccc2)c1S(=O)(=O)c1ccccn1. The fourth-order valence-corrected chi connectivity index (χ4v) is 3.77. The van der Waals surface area contributed by atoms with E-state index >= 15 is 0 Å². The molecule has 0 atom stereocenters. The third-order valence-corrected chi connectivity index (χ3v) is 5.02. The number of hydrogen-bond donors (Lipinski definition) is 0. The van der Waals surface area contributed by atoms with Crippen LogP contribution in [-0.2, 0) is 16.3 Å². The lowest BCUT2D eigenvalue weighted by atomic mass is 10.1. The Kier molecular flexibility index (Phi) is 3.77. The average molecular weight is 314 g/mol. The van der Waals surface area contributed by atoms with Crippen molar-refractivity contribution < 1.29 is 12.9 Å². The summed E-state index contributed by atoms with van der Waals surface area (Å²) >= 11 is 0. The Hall–Kier alpha value is -2.47. The number of hydrogen-bond acceptors (Lipinski definition) is 5. The van der Waals surface area contributed by atoms with Gasteiger partial charge in [-0.1, -0.05) is 48.5 Å². The zero-order valence-electron chi connectivity index (χ0n) is 11.9. The highest BCUT2D eigenvalue weighted by atomic mass is 32.2. The molecule has 0 N–H and O–H groups in total. The second kappa shape index (κ2) is 5.73. The summed E-state index contributed by atoms with van der Waals surface area (Å²) in [7, 11) is -3.78. The molecule has 0 radical (unpaired) electrons. The van der Waals surface area contributed by atoms with Crippen molar-refractivity contribution >= 4 is 9.84 Å². The summed E-state index contributed by atoms with van der Waals surface area (Å²) in [6, 6.07) is 13.9. The zero-order chi connectivity index (χ0) is 15.6. The number of aromatic nitrogens is 2. The van der Waals surface area contributed by atoms with Crippen LogP contribution in [0.3, 0.4) is 0 Å². The molecular weight excluding hydrogens is 300 g/mol. The van der Waals surface area contributed by atoms with Crippen molar-refractivity contribution in [1.29, 1.82) is 0 Å². The monoisotopic (exact) mass is 314 g/mol. The first-order valence-electron chi connectivity index (χ1n) is 6.84. The summed E-state index contributed by atoms with van der Waals surface area (Å²) in [6.45, 7) is 1.83. The van der Waals surface area contributed by atoms with Gasteiger partial charge in [-0.3, -0.25) is 0 Å². The molecular formula is C16H14N2O3S. The maximum Gasteiger partial charge on any atom is 0.229 e. The maximum atomic E-state index is 12.9. The lowest BCUT2D eigenvalue weighted by Crippen LogP contribution is -2.07. The molecule has 0 saturated heterocycles. The lowest BCUT2D eigenvalue weighted by molar-refractivity contribution is 0.384. The van der Waals surface area contributed by atoms with Gasteiger partial charge >= 0.3 is 0 Å². The lowest BCUT2D eigenvalue weighted by Gasteiger charge is -2.05. The Morgan fingerprint density at radius 3 is 2.41 bits per heavy atom. The summed E-state index contributed by atoms with van der Waals surface area (Å²) in [6.07, 6.45) is 1.88. The van der Waals surface area contributed by atoms with Gasteiger partial charge in [-0.25, -0.2) is 13.4 Å². The highest BCUT2D eigenvalue weighted by Gasteiger charge is 2.30. The number of rotatable bonds is 4. The van der Waals surface area contributed by atoms with Gasteiger partial charge in [0.2, 0.25) is 9.84 Å². The van der Waals surface area contributed by atoms with Crippen LogP contribution < -0.4 is 0 Å². The molecule has 2 heterocycles. The van der Waals surface area contributed by atoms with Gasteiger partial charge in [0, 0.05) is 18.2 Å². The van der Waals surface area contributed by atoms with Gasteiger partial charge in [-0.05, 0) is 12.1 Å². The molecule has 3 rings (SSSR count). The van der Waals surface area contributed by atoms with Crippen LogP contribution in [0.15, 0.2) is 69.2 Å². The molecule has 3 aromatic rings. The fourth-order valence-electron chi connectivity index (χ4n) is 2.21. The van der Waals surface area contributed by atoms with Crippen molar-refractivity contribution in [1.82, 2.24) is 10.1 Å². The van der Waals surface area contributed by atoms with Crippen LogP contribution in [0.25, 0.3) is 11.3 Å². The topological polar surface area (TPSA) is 73.1 Å². The number of nitrogens with zero attached hydrogens (tertiary/aromatic N) is 2. The summed E-state index contributed by atoms with van der Waals surface area (Å²) in [5.41, 5.74) is 1.02. The molecule has 1 aromatic carbocycles. The van der Waals surface area contributed by atoms with Gasteiger partial charge in [0.05, 0.1) is 0 Å². The molecule has 0 aliphatic rings. The van der Waals surface area contributed by atoms with E-state index in [0.29, 0.717) is 23.4 Å². The van der Waals surface area contributed by atoms with Gasteiger partial charge in [-0.15, -0.1) is 0 Å². The molecule has 6 heteroatoms. The largest absolute Gasteiger partial charge is 0.359 e. The molecule has 0 aliphatic heterocycles. The van der Waals surface area contributed by atoms with Crippen molar-refractivity contribution in [3.05, 3.63) is 60.5 Å². The number of sulfone groups is 1. The minimum absolute atomic E-state index is 0.00918. The number of pyridine rings is 1. The van der Waals surface area contributed by atoms with E-state index in [2.05, 4.69) is 10.1 Å². The van der Waals surface area contributed by atoms with Crippen LogP contribution in [0.2, 0.25) is 0 Å². The fraction of sp³-hybridized carbons (Fsp3) is 0.125. The smallest absolute Gasteiger partial charge is 0.229 e. The third kappa shape index (κ3) is 2.42. The van der Waals surface area contributed by atoms with E-state index < -0.39 is 9.84 Å². The molecule has 5 nitrogen and oxygen atoms in total. The molecule has 0 spiro atoms. The van der Waals surface area contributed by atoms with Crippen LogP contribution in [-0.4, -0.2) is 18.6 Å².